The number of rotatable bonds is 4. The molecule has 6 nitrogen and oxygen atoms in total. The predicted octanol–water partition coefficient (Wildman–Crippen LogP) is 1.90. The average Bonchev–Trinajstić information content (AvgIpc) is 2.76. The summed E-state index contributed by atoms with van der Waals surface area (Å²) < 4.78 is 0. The van der Waals surface area contributed by atoms with Gasteiger partial charge in [0.2, 0.25) is 5.91 Å². The fourth-order valence-corrected chi connectivity index (χ4v) is 2.57. The molecule has 0 unspecified atom stereocenters. The number of benzene rings is 1. The zero-order valence-corrected chi connectivity index (χ0v) is 14.0. The minimum atomic E-state index is -0.467. The Kier molecular flexibility index (Phi) is 6.81. The minimum absolute atomic E-state index is 0.0187. The highest BCUT2D eigenvalue weighted by Crippen LogP contribution is 2.12. The maximum Gasteiger partial charge on any atom is 0.262 e. The maximum atomic E-state index is 11.8. The number of halogens is 1. The molecule has 1 aromatic carbocycles. The topological polar surface area (TPSA) is 78.5 Å². The van der Waals surface area contributed by atoms with Gasteiger partial charge in [-0.3, -0.25) is 25.2 Å². The van der Waals surface area contributed by atoms with Crippen LogP contribution in [0, 0.1) is 0 Å². The molecule has 1 saturated heterocycles. The third kappa shape index (κ3) is 6.04. The molecule has 1 fully saturated rings. The van der Waals surface area contributed by atoms with Crippen molar-refractivity contribution in [3.63, 3.8) is 0 Å². The molecular weight excluding hydrogens is 330 g/mol. The number of hydrazine groups is 1. The molecule has 1 aromatic rings. The van der Waals surface area contributed by atoms with Crippen LogP contribution in [-0.4, -0.2) is 35.7 Å². The number of carbonyl (C=O) groups excluding carboxylic acids is 3. The monoisotopic (exact) mass is 349 g/mol. The lowest BCUT2D eigenvalue weighted by atomic mass is 10.2. The summed E-state index contributed by atoms with van der Waals surface area (Å²) >= 11 is 5.86. The largest absolute Gasteiger partial charge is 0.333 e. The summed E-state index contributed by atoms with van der Waals surface area (Å²) in [6, 6.07) is 7.04. The van der Waals surface area contributed by atoms with E-state index in [4.69, 9.17) is 11.6 Å². The summed E-state index contributed by atoms with van der Waals surface area (Å²) in [5, 5.41) is 0.577. The Bertz CT molecular complexity index is 646. The lowest BCUT2D eigenvalue weighted by Crippen LogP contribution is -2.47. The minimum Gasteiger partial charge on any atom is -0.333 e. The van der Waals surface area contributed by atoms with Crippen LogP contribution in [0.25, 0.3) is 6.08 Å². The van der Waals surface area contributed by atoms with E-state index >= 15 is 0 Å². The molecule has 0 bridgehead atoms. The van der Waals surface area contributed by atoms with E-state index in [9.17, 15) is 14.4 Å². The quantitative estimate of drug-likeness (QED) is 0.643. The predicted molar refractivity (Wildman–Crippen MR) is 91.8 cm³/mol. The van der Waals surface area contributed by atoms with Crippen molar-refractivity contribution in [2.45, 2.75) is 25.7 Å². The zero-order valence-electron chi connectivity index (χ0n) is 13.3. The van der Waals surface area contributed by atoms with Gasteiger partial charge < -0.3 is 4.90 Å². The molecule has 0 aromatic heterocycles. The smallest absolute Gasteiger partial charge is 0.262 e. The summed E-state index contributed by atoms with van der Waals surface area (Å²) in [4.78, 5) is 36.9. The molecule has 3 amide bonds. The molecule has 0 saturated carbocycles. The maximum absolute atomic E-state index is 11.8. The highest BCUT2D eigenvalue weighted by atomic mass is 35.5. The summed E-state index contributed by atoms with van der Waals surface area (Å²) in [5.74, 6) is -0.907. The normalized spacial score (nSPS) is 15.2. The molecule has 1 heterocycles. The van der Waals surface area contributed by atoms with Crippen LogP contribution in [0.15, 0.2) is 30.3 Å². The van der Waals surface area contributed by atoms with Crippen LogP contribution in [-0.2, 0) is 14.4 Å². The lowest BCUT2D eigenvalue weighted by Gasteiger charge is -2.19. The highest BCUT2D eigenvalue weighted by Gasteiger charge is 2.19. The van der Waals surface area contributed by atoms with Crippen molar-refractivity contribution in [2.24, 2.45) is 0 Å². The van der Waals surface area contributed by atoms with E-state index in [1.165, 1.54) is 11.0 Å². The number of carbonyl (C=O) groups is 3. The molecule has 1 aliphatic heterocycles. The van der Waals surface area contributed by atoms with Gasteiger partial charge >= 0.3 is 0 Å². The molecule has 0 aliphatic carbocycles. The average molecular weight is 350 g/mol. The van der Waals surface area contributed by atoms with Gasteiger partial charge in [-0.05, 0) is 36.6 Å². The van der Waals surface area contributed by atoms with Crippen LogP contribution in [0.5, 0.6) is 0 Å². The molecule has 1 aliphatic rings. The summed E-state index contributed by atoms with van der Waals surface area (Å²) in [6.45, 7) is 0.534. The Morgan fingerprint density at radius 3 is 2.83 bits per heavy atom. The standard InChI is InChI=1S/C17H20ClN3O3/c18-14-6-4-5-13(11-14)8-9-15(22)19-20-16(23)12-21-10-3-1-2-7-17(21)24/h4-6,8-9,11H,1-3,7,10,12H2,(H,19,22)(H,20,23)/b9-8+. The fraction of sp³-hybridized carbons (Fsp3) is 0.353. The molecule has 0 atom stereocenters. The number of hydrogen-bond donors (Lipinski definition) is 2. The summed E-state index contributed by atoms with van der Waals surface area (Å²) in [6.07, 6.45) is 6.11. The summed E-state index contributed by atoms with van der Waals surface area (Å²) in [5.41, 5.74) is 5.38. The molecule has 24 heavy (non-hydrogen) atoms. The van der Waals surface area contributed by atoms with E-state index < -0.39 is 11.8 Å². The van der Waals surface area contributed by atoms with Crippen LogP contribution in [0.4, 0.5) is 0 Å². The van der Waals surface area contributed by atoms with Crippen molar-refractivity contribution >= 4 is 35.4 Å². The Hall–Kier alpha value is -2.34. The second-order valence-electron chi connectivity index (χ2n) is 5.55. The molecule has 128 valence electrons. The number of hydrogen-bond acceptors (Lipinski definition) is 3. The number of nitrogens with one attached hydrogen (secondary N) is 2. The molecule has 0 spiro atoms. The van der Waals surface area contributed by atoms with Crippen molar-refractivity contribution in [2.75, 3.05) is 13.1 Å². The Morgan fingerprint density at radius 2 is 2.04 bits per heavy atom. The van der Waals surface area contributed by atoms with Gasteiger partial charge in [0.05, 0.1) is 0 Å². The van der Waals surface area contributed by atoms with Crippen LogP contribution >= 0.6 is 11.6 Å². The SMILES string of the molecule is O=C(/C=C/c1cccc(Cl)c1)NNC(=O)CN1CCCCCC1=O. The third-order valence-electron chi connectivity index (χ3n) is 3.61. The second-order valence-corrected chi connectivity index (χ2v) is 5.99. The van der Waals surface area contributed by atoms with E-state index in [0.29, 0.717) is 18.0 Å². The number of nitrogens with zero attached hydrogens (tertiary/aromatic N) is 1. The van der Waals surface area contributed by atoms with Crippen LogP contribution < -0.4 is 10.9 Å². The van der Waals surface area contributed by atoms with Gasteiger partial charge in [0.1, 0.15) is 6.54 Å². The molecule has 2 N–H and O–H groups in total. The first kappa shape index (κ1) is 18.0. The van der Waals surface area contributed by atoms with Gasteiger partial charge in [-0.2, -0.15) is 0 Å². The Morgan fingerprint density at radius 1 is 1.21 bits per heavy atom. The van der Waals surface area contributed by atoms with Crippen LogP contribution in [0.1, 0.15) is 31.2 Å². The molecular formula is C17H20ClN3O3. The van der Waals surface area contributed by atoms with Crippen molar-refractivity contribution in [3.05, 3.63) is 40.9 Å². The number of likely N-dealkylation sites (tertiary alicyclic amines) is 1. The van der Waals surface area contributed by atoms with E-state index in [1.807, 2.05) is 0 Å². The first-order valence-corrected chi connectivity index (χ1v) is 8.22. The molecule has 2 rings (SSSR count). The van der Waals surface area contributed by atoms with Crippen molar-refractivity contribution in [3.8, 4) is 0 Å². The van der Waals surface area contributed by atoms with E-state index in [-0.39, 0.29) is 12.5 Å². The van der Waals surface area contributed by atoms with E-state index in [2.05, 4.69) is 10.9 Å². The van der Waals surface area contributed by atoms with Crippen molar-refractivity contribution in [1.82, 2.24) is 15.8 Å². The third-order valence-corrected chi connectivity index (χ3v) is 3.84. The molecule has 7 heteroatoms. The van der Waals surface area contributed by atoms with E-state index in [0.717, 1.165) is 24.8 Å². The van der Waals surface area contributed by atoms with Crippen LogP contribution in [0.2, 0.25) is 5.02 Å². The zero-order chi connectivity index (χ0) is 17.4. The lowest BCUT2D eigenvalue weighted by molar-refractivity contribution is -0.136. The summed E-state index contributed by atoms with van der Waals surface area (Å²) in [7, 11) is 0. The van der Waals surface area contributed by atoms with Gasteiger partial charge in [-0.25, -0.2) is 0 Å². The van der Waals surface area contributed by atoms with Crippen LogP contribution in [0.3, 0.4) is 0 Å². The second kappa shape index (κ2) is 9.08. The fourth-order valence-electron chi connectivity index (χ4n) is 2.37. The number of amides is 3. The van der Waals surface area contributed by atoms with Gasteiger partial charge in [0, 0.05) is 24.1 Å². The first-order chi connectivity index (χ1) is 11.5. The van der Waals surface area contributed by atoms with Gasteiger partial charge in [0.25, 0.3) is 11.8 Å². The highest BCUT2D eigenvalue weighted by molar-refractivity contribution is 6.30. The van der Waals surface area contributed by atoms with Gasteiger partial charge in [-0.15, -0.1) is 0 Å². The van der Waals surface area contributed by atoms with Gasteiger partial charge in [-0.1, -0.05) is 30.2 Å². The van der Waals surface area contributed by atoms with Crippen molar-refractivity contribution in [1.29, 1.82) is 0 Å². The Labute approximate surface area is 145 Å². The Balaban J connectivity index is 1.76. The first-order valence-electron chi connectivity index (χ1n) is 7.85. The molecule has 0 radical (unpaired) electrons. The van der Waals surface area contributed by atoms with Crippen molar-refractivity contribution < 1.29 is 14.4 Å². The van der Waals surface area contributed by atoms with Gasteiger partial charge in [0.15, 0.2) is 0 Å². The van der Waals surface area contributed by atoms with E-state index in [1.54, 1.807) is 30.3 Å².